The monoisotopic (exact) mass is 492 g/mol. The highest BCUT2D eigenvalue weighted by Gasteiger charge is 2.25. The predicted molar refractivity (Wildman–Crippen MR) is 139 cm³/mol. The zero-order valence-electron chi connectivity index (χ0n) is 19.1. The Labute approximate surface area is 207 Å². The summed E-state index contributed by atoms with van der Waals surface area (Å²) in [6.45, 7) is 9.17. The Morgan fingerprint density at radius 3 is 2.41 bits per heavy atom. The second-order valence-corrected chi connectivity index (χ2v) is 10.6. The highest BCUT2D eigenvalue weighted by Crippen LogP contribution is 2.40. The van der Waals surface area contributed by atoms with Crippen LogP contribution in [0.4, 0.5) is 5.82 Å². The van der Waals surface area contributed by atoms with Crippen molar-refractivity contribution in [3.63, 3.8) is 0 Å². The summed E-state index contributed by atoms with van der Waals surface area (Å²) >= 11 is 3.52. The van der Waals surface area contributed by atoms with E-state index in [-0.39, 0.29) is 0 Å². The fourth-order valence-electron chi connectivity index (χ4n) is 4.70. The van der Waals surface area contributed by atoms with Crippen molar-refractivity contribution in [1.29, 1.82) is 0 Å². The van der Waals surface area contributed by atoms with Crippen molar-refractivity contribution >= 4 is 38.7 Å². The van der Waals surface area contributed by atoms with Gasteiger partial charge in [-0.2, -0.15) is 0 Å². The molecule has 6 heterocycles. The Morgan fingerprint density at radius 1 is 0.853 bits per heavy atom. The lowest BCUT2D eigenvalue weighted by Gasteiger charge is -2.36. The van der Waals surface area contributed by atoms with Gasteiger partial charge in [0, 0.05) is 74.0 Å². The van der Waals surface area contributed by atoms with Gasteiger partial charge in [0.25, 0.3) is 0 Å². The molecule has 0 N–H and O–H groups in total. The van der Waals surface area contributed by atoms with E-state index in [1.165, 1.54) is 21.4 Å². The first-order valence-electron chi connectivity index (χ1n) is 11.8. The molecule has 0 bridgehead atoms. The summed E-state index contributed by atoms with van der Waals surface area (Å²) in [4.78, 5) is 24.1. The Morgan fingerprint density at radius 2 is 1.65 bits per heavy atom. The Bertz CT molecular complexity index is 1220. The zero-order chi connectivity index (χ0) is 22.7. The van der Waals surface area contributed by atoms with Gasteiger partial charge in [0.1, 0.15) is 16.5 Å². The average Bonchev–Trinajstić information content (AvgIpc) is 3.56. The first kappa shape index (κ1) is 22.1. The van der Waals surface area contributed by atoms with Crippen LogP contribution in [0.25, 0.3) is 20.7 Å². The van der Waals surface area contributed by atoms with Crippen molar-refractivity contribution < 1.29 is 4.74 Å². The second kappa shape index (κ2) is 10.1. The fraction of sp³-hybridized carbons (Fsp3) is 0.400. The Hall–Kier alpha value is -2.43. The summed E-state index contributed by atoms with van der Waals surface area (Å²) in [5.74, 6) is 2.02. The fourth-order valence-corrected chi connectivity index (χ4v) is 6.48. The van der Waals surface area contributed by atoms with Crippen LogP contribution in [0, 0.1) is 0 Å². The number of anilines is 1. The first-order chi connectivity index (χ1) is 16.8. The number of aromatic nitrogens is 3. The van der Waals surface area contributed by atoms with Crippen LogP contribution in [0.5, 0.6) is 0 Å². The summed E-state index contributed by atoms with van der Waals surface area (Å²) in [5.41, 5.74) is 2.58. The molecule has 4 aromatic rings. The lowest BCUT2D eigenvalue weighted by atomic mass is 10.1. The predicted octanol–water partition coefficient (Wildman–Crippen LogP) is 3.97. The molecule has 0 aromatic carbocycles. The number of pyridine rings is 1. The SMILES string of the molecule is c1csc(-c2csc3nc(CN4CCOCC4)nc(N4CCN(Cc5ccncc5)CC4)c23)c1. The molecule has 0 spiro atoms. The summed E-state index contributed by atoms with van der Waals surface area (Å²) in [7, 11) is 0. The van der Waals surface area contributed by atoms with Gasteiger partial charge < -0.3 is 9.64 Å². The van der Waals surface area contributed by atoms with Gasteiger partial charge in [0.2, 0.25) is 0 Å². The molecule has 6 rings (SSSR count). The second-order valence-electron chi connectivity index (χ2n) is 8.78. The van der Waals surface area contributed by atoms with E-state index in [2.05, 4.69) is 54.7 Å². The lowest BCUT2D eigenvalue weighted by Crippen LogP contribution is -2.46. The number of hydrogen-bond acceptors (Lipinski definition) is 9. The van der Waals surface area contributed by atoms with Crippen molar-refractivity contribution in [2.24, 2.45) is 0 Å². The molecule has 2 aliphatic rings. The summed E-state index contributed by atoms with van der Waals surface area (Å²) in [6.07, 6.45) is 3.75. The number of thiophene rings is 2. The summed E-state index contributed by atoms with van der Waals surface area (Å²) in [6, 6.07) is 8.53. The minimum absolute atomic E-state index is 0.778. The molecule has 0 radical (unpaired) electrons. The van der Waals surface area contributed by atoms with E-state index in [9.17, 15) is 0 Å². The maximum atomic E-state index is 5.53. The first-order valence-corrected chi connectivity index (χ1v) is 13.6. The van der Waals surface area contributed by atoms with Crippen LogP contribution >= 0.6 is 22.7 Å². The van der Waals surface area contributed by atoms with Gasteiger partial charge >= 0.3 is 0 Å². The molecule has 7 nitrogen and oxygen atoms in total. The smallest absolute Gasteiger partial charge is 0.146 e. The Kier molecular flexibility index (Phi) is 6.52. The number of fused-ring (bicyclic) bond motifs is 1. The summed E-state index contributed by atoms with van der Waals surface area (Å²) in [5, 5.41) is 5.61. The van der Waals surface area contributed by atoms with E-state index in [0.717, 1.165) is 82.0 Å². The molecule has 2 saturated heterocycles. The highest BCUT2D eigenvalue weighted by atomic mass is 32.1. The minimum Gasteiger partial charge on any atom is -0.379 e. The molecule has 176 valence electrons. The van der Waals surface area contributed by atoms with Crippen LogP contribution in [0.15, 0.2) is 47.4 Å². The number of nitrogens with zero attached hydrogens (tertiary/aromatic N) is 6. The van der Waals surface area contributed by atoms with Crippen LogP contribution < -0.4 is 4.90 Å². The van der Waals surface area contributed by atoms with Crippen molar-refractivity contribution in [3.8, 4) is 10.4 Å². The molecule has 34 heavy (non-hydrogen) atoms. The number of rotatable bonds is 6. The van der Waals surface area contributed by atoms with Crippen LogP contribution in [-0.2, 0) is 17.8 Å². The molecular weight excluding hydrogens is 464 g/mol. The van der Waals surface area contributed by atoms with Crippen LogP contribution in [0.3, 0.4) is 0 Å². The van der Waals surface area contributed by atoms with Crippen molar-refractivity contribution in [2.75, 3.05) is 57.4 Å². The minimum atomic E-state index is 0.778. The maximum absolute atomic E-state index is 5.53. The van der Waals surface area contributed by atoms with Gasteiger partial charge in [-0.3, -0.25) is 14.8 Å². The standard InChI is InChI=1S/C25H28N6OS2/c1-2-21(33-15-1)20-18-34-25-23(20)24(27-22(28-25)17-30-11-13-32-14-12-30)31-9-7-29(8-10-31)16-19-3-5-26-6-4-19/h1-6,15,18H,7-14,16-17H2. The zero-order valence-corrected chi connectivity index (χ0v) is 20.7. The molecule has 4 aromatic heterocycles. The molecule has 0 atom stereocenters. The molecule has 0 unspecified atom stereocenters. The van der Waals surface area contributed by atoms with E-state index in [0.29, 0.717) is 0 Å². The molecule has 0 amide bonds. The third-order valence-electron chi connectivity index (χ3n) is 6.54. The van der Waals surface area contributed by atoms with E-state index in [1.54, 1.807) is 22.7 Å². The third-order valence-corrected chi connectivity index (χ3v) is 8.32. The van der Waals surface area contributed by atoms with Crippen LogP contribution in [0.2, 0.25) is 0 Å². The number of piperazine rings is 1. The quantitative estimate of drug-likeness (QED) is 0.404. The molecule has 9 heteroatoms. The van der Waals surface area contributed by atoms with Crippen LogP contribution in [-0.4, -0.2) is 77.2 Å². The van der Waals surface area contributed by atoms with E-state index >= 15 is 0 Å². The molecule has 2 fully saturated rings. The highest BCUT2D eigenvalue weighted by molar-refractivity contribution is 7.18. The van der Waals surface area contributed by atoms with Crippen LogP contribution in [0.1, 0.15) is 11.4 Å². The van der Waals surface area contributed by atoms with Gasteiger partial charge in [-0.05, 0) is 29.1 Å². The van der Waals surface area contributed by atoms with Crippen molar-refractivity contribution in [3.05, 3.63) is 58.8 Å². The third kappa shape index (κ3) is 4.71. The normalized spacial score (nSPS) is 18.1. The Balaban J connectivity index is 1.29. The molecular formula is C25H28N6OS2. The van der Waals surface area contributed by atoms with Crippen molar-refractivity contribution in [1.82, 2.24) is 24.8 Å². The molecule has 0 aliphatic carbocycles. The van der Waals surface area contributed by atoms with Gasteiger partial charge in [-0.25, -0.2) is 9.97 Å². The topological polar surface area (TPSA) is 57.6 Å². The largest absolute Gasteiger partial charge is 0.379 e. The van der Waals surface area contributed by atoms with E-state index in [1.807, 2.05) is 12.4 Å². The lowest BCUT2D eigenvalue weighted by molar-refractivity contribution is 0.0331. The van der Waals surface area contributed by atoms with E-state index in [4.69, 9.17) is 14.7 Å². The van der Waals surface area contributed by atoms with Gasteiger partial charge in [-0.15, -0.1) is 22.7 Å². The van der Waals surface area contributed by atoms with Crippen molar-refractivity contribution in [2.45, 2.75) is 13.1 Å². The number of ether oxygens (including phenoxy) is 1. The number of hydrogen-bond donors (Lipinski definition) is 0. The maximum Gasteiger partial charge on any atom is 0.146 e. The van der Waals surface area contributed by atoms with Gasteiger partial charge in [-0.1, -0.05) is 6.07 Å². The molecule has 0 saturated carbocycles. The van der Waals surface area contributed by atoms with Gasteiger partial charge in [0.15, 0.2) is 0 Å². The summed E-state index contributed by atoms with van der Waals surface area (Å²) < 4.78 is 5.53. The van der Waals surface area contributed by atoms with Gasteiger partial charge in [0.05, 0.1) is 25.1 Å². The van der Waals surface area contributed by atoms with E-state index < -0.39 is 0 Å². The number of morpholine rings is 1. The average molecular weight is 493 g/mol. The molecule has 2 aliphatic heterocycles.